The maximum absolute atomic E-state index is 12.9. The van der Waals surface area contributed by atoms with Crippen LogP contribution in [0.2, 0.25) is 5.02 Å². The quantitative estimate of drug-likeness (QED) is 0.757. The molecule has 1 saturated heterocycles. The molecule has 30 heavy (non-hydrogen) atoms. The number of nitrogens with zero attached hydrogens (tertiary/aromatic N) is 1. The smallest absolute Gasteiger partial charge is 0.243 e. The zero-order chi connectivity index (χ0) is 21.1. The lowest BCUT2D eigenvalue weighted by Crippen LogP contribution is -2.48. The summed E-state index contributed by atoms with van der Waals surface area (Å²) in [7, 11) is -3.66. The Bertz CT molecular complexity index is 1010. The maximum atomic E-state index is 12.9. The van der Waals surface area contributed by atoms with Gasteiger partial charge in [0.2, 0.25) is 15.9 Å². The molecule has 2 aromatic rings. The summed E-state index contributed by atoms with van der Waals surface area (Å²) in [6.45, 7) is 1.19. The lowest BCUT2D eigenvalue weighted by Gasteiger charge is -2.32. The molecule has 0 spiro atoms. The molecule has 160 valence electrons. The van der Waals surface area contributed by atoms with Gasteiger partial charge in [-0.2, -0.15) is 4.31 Å². The molecule has 7 nitrogen and oxygen atoms in total. The molecule has 0 unspecified atom stereocenters. The Labute approximate surface area is 181 Å². The Morgan fingerprint density at radius 3 is 2.63 bits per heavy atom. The molecule has 0 radical (unpaired) electrons. The van der Waals surface area contributed by atoms with Crippen LogP contribution < -0.4 is 14.8 Å². The largest absolute Gasteiger partial charge is 0.486 e. The van der Waals surface area contributed by atoms with E-state index in [-0.39, 0.29) is 23.5 Å². The number of amides is 1. The van der Waals surface area contributed by atoms with Gasteiger partial charge in [-0.3, -0.25) is 4.79 Å². The van der Waals surface area contributed by atoms with E-state index in [1.807, 2.05) is 24.3 Å². The van der Waals surface area contributed by atoms with Crippen molar-refractivity contribution in [3.8, 4) is 11.5 Å². The predicted molar refractivity (Wildman–Crippen MR) is 112 cm³/mol. The minimum atomic E-state index is -3.66. The fraction of sp³-hybridized carbons (Fsp3) is 0.381. The van der Waals surface area contributed by atoms with E-state index in [0.717, 1.165) is 0 Å². The Morgan fingerprint density at radius 1 is 1.13 bits per heavy atom. The van der Waals surface area contributed by atoms with Crippen LogP contribution in [0.1, 0.15) is 12.8 Å². The van der Waals surface area contributed by atoms with Crippen LogP contribution in [0.5, 0.6) is 11.5 Å². The van der Waals surface area contributed by atoms with E-state index < -0.39 is 15.9 Å². The van der Waals surface area contributed by atoms with Crippen LogP contribution in [0.4, 0.5) is 0 Å². The van der Waals surface area contributed by atoms with Crippen molar-refractivity contribution in [2.75, 3.05) is 26.2 Å². The van der Waals surface area contributed by atoms with E-state index in [0.29, 0.717) is 49.1 Å². The molecule has 1 fully saturated rings. The van der Waals surface area contributed by atoms with Gasteiger partial charge in [0, 0.05) is 18.1 Å². The lowest BCUT2D eigenvalue weighted by atomic mass is 9.99. The molecule has 9 heteroatoms. The van der Waals surface area contributed by atoms with E-state index in [1.54, 1.807) is 12.1 Å². The summed E-state index contributed by atoms with van der Waals surface area (Å²) in [5, 5.41) is 3.36. The van der Waals surface area contributed by atoms with Crippen molar-refractivity contribution < 1.29 is 22.7 Å². The Balaban J connectivity index is 1.34. The molecule has 2 aliphatic rings. The topological polar surface area (TPSA) is 84.9 Å². The van der Waals surface area contributed by atoms with Crippen LogP contribution in [0, 0.1) is 5.92 Å². The van der Waals surface area contributed by atoms with Gasteiger partial charge in [0.1, 0.15) is 12.7 Å². The first-order valence-corrected chi connectivity index (χ1v) is 11.7. The monoisotopic (exact) mass is 450 g/mol. The lowest BCUT2D eigenvalue weighted by molar-refractivity contribution is -0.126. The van der Waals surface area contributed by atoms with Crippen molar-refractivity contribution in [1.82, 2.24) is 9.62 Å². The van der Waals surface area contributed by atoms with Crippen molar-refractivity contribution >= 4 is 27.5 Å². The van der Waals surface area contributed by atoms with Gasteiger partial charge < -0.3 is 14.8 Å². The van der Waals surface area contributed by atoms with Crippen molar-refractivity contribution in [3.05, 3.63) is 53.6 Å². The number of hydrogen-bond acceptors (Lipinski definition) is 5. The van der Waals surface area contributed by atoms with Crippen molar-refractivity contribution in [1.29, 1.82) is 0 Å². The fourth-order valence-corrected chi connectivity index (χ4v) is 5.30. The second-order valence-corrected chi connectivity index (χ2v) is 9.77. The molecule has 1 amide bonds. The number of carbonyl (C=O) groups excluding carboxylic acids is 1. The second-order valence-electron chi connectivity index (χ2n) is 7.40. The van der Waals surface area contributed by atoms with Gasteiger partial charge in [-0.15, -0.1) is 0 Å². The standard InChI is InChI=1S/C21H23ClN2O5S/c22-16-7-9-18(10-8-16)30(26,27)24-11-3-4-15(13-24)21(25)23-12-17-14-28-19-5-1-2-6-20(19)29-17/h1-2,5-10,15,17H,3-4,11-14H2,(H,23,25)/t15-,17+/m1/s1. The Hall–Kier alpha value is -2.29. The summed E-state index contributed by atoms with van der Waals surface area (Å²) in [5.41, 5.74) is 0. The van der Waals surface area contributed by atoms with E-state index in [4.69, 9.17) is 21.1 Å². The molecule has 2 heterocycles. The van der Waals surface area contributed by atoms with Crippen molar-refractivity contribution in [2.24, 2.45) is 5.92 Å². The third-order valence-corrected chi connectivity index (χ3v) is 7.41. The number of para-hydroxylation sites is 2. The van der Waals surface area contributed by atoms with Gasteiger partial charge in [0.05, 0.1) is 17.4 Å². The van der Waals surface area contributed by atoms with Crippen molar-refractivity contribution in [2.45, 2.75) is 23.8 Å². The number of ether oxygens (including phenoxy) is 2. The highest BCUT2D eigenvalue weighted by molar-refractivity contribution is 7.89. The summed E-state index contributed by atoms with van der Waals surface area (Å²) in [6, 6.07) is 13.5. The molecular formula is C21H23ClN2O5S. The first-order valence-electron chi connectivity index (χ1n) is 9.85. The summed E-state index contributed by atoms with van der Waals surface area (Å²) in [4.78, 5) is 12.9. The normalized spacial score (nSPS) is 21.8. The highest BCUT2D eigenvalue weighted by Gasteiger charge is 2.33. The number of fused-ring (bicyclic) bond motifs is 1. The second kappa shape index (κ2) is 8.83. The molecule has 2 atom stereocenters. The van der Waals surface area contributed by atoms with Gasteiger partial charge in [-0.25, -0.2) is 8.42 Å². The number of piperidine rings is 1. The highest BCUT2D eigenvalue weighted by atomic mass is 35.5. The highest BCUT2D eigenvalue weighted by Crippen LogP contribution is 2.31. The van der Waals surface area contributed by atoms with Gasteiger partial charge in [0.25, 0.3) is 0 Å². The van der Waals surface area contributed by atoms with Crippen LogP contribution in [-0.4, -0.2) is 51.0 Å². The predicted octanol–water partition coefficient (Wildman–Crippen LogP) is 2.70. The van der Waals surface area contributed by atoms with Crippen LogP contribution in [0.15, 0.2) is 53.4 Å². The average Bonchev–Trinajstić information content (AvgIpc) is 2.77. The minimum absolute atomic E-state index is 0.154. The summed E-state index contributed by atoms with van der Waals surface area (Å²) in [6.07, 6.45) is 0.978. The van der Waals surface area contributed by atoms with Crippen LogP contribution in [0.3, 0.4) is 0 Å². The van der Waals surface area contributed by atoms with E-state index in [2.05, 4.69) is 5.32 Å². The molecule has 0 bridgehead atoms. The average molecular weight is 451 g/mol. The zero-order valence-corrected chi connectivity index (χ0v) is 17.9. The minimum Gasteiger partial charge on any atom is -0.486 e. The van der Waals surface area contributed by atoms with Gasteiger partial charge >= 0.3 is 0 Å². The summed E-state index contributed by atoms with van der Waals surface area (Å²) >= 11 is 5.86. The van der Waals surface area contributed by atoms with Crippen LogP contribution in [0.25, 0.3) is 0 Å². The van der Waals surface area contributed by atoms with Crippen LogP contribution in [-0.2, 0) is 14.8 Å². The third-order valence-electron chi connectivity index (χ3n) is 5.28. The fourth-order valence-electron chi connectivity index (χ4n) is 3.65. The van der Waals surface area contributed by atoms with E-state index in [1.165, 1.54) is 16.4 Å². The SMILES string of the molecule is O=C(NC[C@H]1COc2ccccc2O1)[C@@H]1CCCN(S(=O)(=O)c2ccc(Cl)cc2)C1. The number of halogens is 1. The third kappa shape index (κ3) is 4.55. The first-order chi connectivity index (χ1) is 14.4. The van der Waals surface area contributed by atoms with Gasteiger partial charge in [-0.05, 0) is 49.2 Å². The van der Waals surface area contributed by atoms with Gasteiger partial charge in [0.15, 0.2) is 11.5 Å². The van der Waals surface area contributed by atoms with Crippen molar-refractivity contribution in [3.63, 3.8) is 0 Å². The summed E-state index contributed by atoms with van der Waals surface area (Å²) in [5.74, 6) is 0.766. The first kappa shape index (κ1) is 21.0. The number of nitrogens with one attached hydrogen (secondary N) is 1. The Kier molecular flexibility index (Phi) is 6.17. The van der Waals surface area contributed by atoms with Gasteiger partial charge in [-0.1, -0.05) is 23.7 Å². The molecule has 4 rings (SSSR count). The zero-order valence-electron chi connectivity index (χ0n) is 16.3. The number of carbonyl (C=O) groups is 1. The number of sulfonamides is 1. The summed E-state index contributed by atoms with van der Waals surface area (Å²) < 4.78 is 38.7. The molecular weight excluding hydrogens is 428 g/mol. The molecule has 0 aliphatic carbocycles. The molecule has 0 aromatic heterocycles. The Morgan fingerprint density at radius 2 is 1.87 bits per heavy atom. The molecule has 2 aliphatic heterocycles. The molecule has 2 aromatic carbocycles. The van der Waals surface area contributed by atoms with E-state index in [9.17, 15) is 13.2 Å². The number of hydrogen-bond donors (Lipinski definition) is 1. The maximum Gasteiger partial charge on any atom is 0.243 e. The van der Waals surface area contributed by atoms with Crippen LogP contribution >= 0.6 is 11.6 Å². The molecule has 0 saturated carbocycles. The van der Waals surface area contributed by atoms with E-state index >= 15 is 0 Å². The number of rotatable bonds is 5. The molecule has 1 N–H and O–H groups in total. The number of benzene rings is 2.